The maximum atomic E-state index is 12.1. The van der Waals surface area contributed by atoms with Gasteiger partial charge in [-0.2, -0.15) is 0 Å². The monoisotopic (exact) mass is 347 g/mol. The number of amides is 1. The Bertz CT molecular complexity index is 743. The van der Waals surface area contributed by atoms with Crippen LogP contribution in [0.25, 0.3) is 0 Å². The molecule has 0 unspecified atom stereocenters. The van der Waals surface area contributed by atoms with Gasteiger partial charge in [0.05, 0.1) is 0 Å². The predicted molar refractivity (Wildman–Crippen MR) is 91.1 cm³/mol. The molecule has 0 aromatic heterocycles. The van der Waals surface area contributed by atoms with Crippen LogP contribution >= 0.6 is 11.6 Å². The molecule has 0 radical (unpaired) electrons. The van der Waals surface area contributed by atoms with Crippen molar-refractivity contribution in [1.29, 1.82) is 0 Å². The van der Waals surface area contributed by atoms with Gasteiger partial charge in [0, 0.05) is 18.6 Å². The summed E-state index contributed by atoms with van der Waals surface area (Å²) in [5, 5.41) is 9.98. The number of rotatable bonds is 5. The number of hydrogen-bond acceptors (Lipinski definition) is 4. The van der Waals surface area contributed by atoms with Crippen LogP contribution in [0.2, 0.25) is 5.02 Å². The Morgan fingerprint density at radius 3 is 2.46 bits per heavy atom. The van der Waals surface area contributed by atoms with Gasteiger partial charge in [-0.15, -0.1) is 0 Å². The zero-order chi connectivity index (χ0) is 17.7. The van der Waals surface area contributed by atoms with Gasteiger partial charge in [-0.25, -0.2) is 4.79 Å². The summed E-state index contributed by atoms with van der Waals surface area (Å²) in [5.74, 6) is -1.40. The molecule has 0 atom stereocenters. The molecule has 0 saturated heterocycles. The molecular weight excluding hydrogens is 330 g/mol. The van der Waals surface area contributed by atoms with E-state index in [-0.39, 0.29) is 17.2 Å². The van der Waals surface area contributed by atoms with Crippen LogP contribution in [0, 0.1) is 6.92 Å². The molecule has 2 aromatic rings. The van der Waals surface area contributed by atoms with E-state index < -0.39 is 12.6 Å². The Balaban J connectivity index is 1.89. The van der Waals surface area contributed by atoms with Crippen LogP contribution in [-0.2, 0) is 16.1 Å². The molecule has 1 N–H and O–H groups in total. The highest BCUT2D eigenvalue weighted by molar-refractivity contribution is 6.30. The van der Waals surface area contributed by atoms with Gasteiger partial charge in [0.25, 0.3) is 5.91 Å². The predicted octanol–water partition coefficient (Wildman–Crippen LogP) is 3.17. The number of likely N-dealkylation sites (N-methyl/N-ethyl adjacent to an activating group) is 1. The maximum absolute atomic E-state index is 12.1. The minimum Gasteiger partial charge on any atom is -0.507 e. The van der Waals surface area contributed by atoms with Crippen molar-refractivity contribution in [1.82, 2.24) is 4.90 Å². The van der Waals surface area contributed by atoms with Crippen molar-refractivity contribution in [2.24, 2.45) is 0 Å². The molecule has 0 saturated carbocycles. The van der Waals surface area contributed by atoms with Gasteiger partial charge < -0.3 is 14.7 Å². The molecule has 0 aliphatic heterocycles. The summed E-state index contributed by atoms with van der Waals surface area (Å²) in [6.07, 6.45) is 0. The second kappa shape index (κ2) is 7.84. The van der Waals surface area contributed by atoms with Gasteiger partial charge in [-0.3, -0.25) is 4.79 Å². The number of nitrogens with zero attached hydrogens (tertiary/aromatic N) is 1. The lowest BCUT2D eigenvalue weighted by Gasteiger charge is -2.17. The number of esters is 1. The lowest BCUT2D eigenvalue weighted by atomic mass is 10.1. The van der Waals surface area contributed by atoms with Crippen molar-refractivity contribution in [3.05, 3.63) is 64.2 Å². The standard InChI is InChI=1S/C18H18ClNO4/c1-12-3-5-13(6-4-12)10-20(2)17(22)11-24-18(23)15-8-7-14(19)9-16(15)21/h3-9,21H,10-11H2,1-2H3. The Kier molecular flexibility index (Phi) is 5.82. The van der Waals surface area contributed by atoms with Crippen LogP contribution < -0.4 is 0 Å². The summed E-state index contributed by atoms with van der Waals surface area (Å²) in [7, 11) is 1.63. The first kappa shape index (κ1) is 17.8. The Morgan fingerprint density at radius 2 is 1.83 bits per heavy atom. The van der Waals surface area contributed by atoms with Crippen molar-refractivity contribution in [3.8, 4) is 5.75 Å². The van der Waals surface area contributed by atoms with E-state index in [1.807, 2.05) is 31.2 Å². The van der Waals surface area contributed by atoms with Gasteiger partial charge in [-0.05, 0) is 30.7 Å². The highest BCUT2D eigenvalue weighted by Crippen LogP contribution is 2.22. The number of halogens is 1. The highest BCUT2D eigenvalue weighted by atomic mass is 35.5. The second-order valence-corrected chi connectivity index (χ2v) is 5.91. The smallest absolute Gasteiger partial charge is 0.342 e. The fraction of sp³-hybridized carbons (Fsp3) is 0.222. The number of aromatic hydroxyl groups is 1. The van der Waals surface area contributed by atoms with Gasteiger partial charge >= 0.3 is 5.97 Å². The third-order valence-electron chi connectivity index (χ3n) is 3.47. The third kappa shape index (κ3) is 4.73. The van der Waals surface area contributed by atoms with E-state index in [4.69, 9.17) is 16.3 Å². The van der Waals surface area contributed by atoms with E-state index in [0.717, 1.165) is 11.1 Å². The number of phenols is 1. The van der Waals surface area contributed by atoms with Crippen LogP contribution in [0.1, 0.15) is 21.5 Å². The van der Waals surface area contributed by atoms with Crippen LogP contribution in [0.3, 0.4) is 0 Å². The minimum atomic E-state index is -0.777. The molecule has 0 spiro atoms. The number of hydrogen-bond donors (Lipinski definition) is 1. The number of phenolic OH excluding ortho intramolecular Hbond substituents is 1. The summed E-state index contributed by atoms with van der Waals surface area (Å²) < 4.78 is 4.96. The van der Waals surface area contributed by atoms with Crippen molar-refractivity contribution in [2.45, 2.75) is 13.5 Å². The van der Waals surface area contributed by atoms with E-state index in [0.29, 0.717) is 11.6 Å². The normalized spacial score (nSPS) is 10.3. The summed E-state index contributed by atoms with van der Waals surface area (Å²) in [4.78, 5) is 25.4. The van der Waals surface area contributed by atoms with Crippen molar-refractivity contribution < 1.29 is 19.4 Å². The van der Waals surface area contributed by atoms with Gasteiger partial charge in [0.1, 0.15) is 11.3 Å². The van der Waals surface area contributed by atoms with Gasteiger partial charge in [0.2, 0.25) is 0 Å². The average molecular weight is 348 g/mol. The Labute approximate surface area is 145 Å². The Morgan fingerprint density at radius 1 is 1.17 bits per heavy atom. The van der Waals surface area contributed by atoms with E-state index in [9.17, 15) is 14.7 Å². The second-order valence-electron chi connectivity index (χ2n) is 5.47. The zero-order valence-electron chi connectivity index (χ0n) is 13.5. The first-order chi connectivity index (χ1) is 11.4. The molecule has 5 nitrogen and oxygen atoms in total. The molecule has 24 heavy (non-hydrogen) atoms. The molecule has 126 valence electrons. The van der Waals surface area contributed by atoms with Crippen LogP contribution in [0.5, 0.6) is 5.75 Å². The topological polar surface area (TPSA) is 66.8 Å². The van der Waals surface area contributed by atoms with Crippen molar-refractivity contribution in [2.75, 3.05) is 13.7 Å². The lowest BCUT2D eigenvalue weighted by Crippen LogP contribution is -2.30. The summed E-state index contributed by atoms with van der Waals surface area (Å²) >= 11 is 5.70. The van der Waals surface area contributed by atoms with Crippen LogP contribution in [-0.4, -0.2) is 35.5 Å². The fourth-order valence-corrected chi connectivity index (χ4v) is 2.21. The third-order valence-corrected chi connectivity index (χ3v) is 3.71. The molecule has 0 bridgehead atoms. The maximum Gasteiger partial charge on any atom is 0.342 e. The molecular formula is C18H18ClNO4. The van der Waals surface area contributed by atoms with Crippen LogP contribution in [0.15, 0.2) is 42.5 Å². The van der Waals surface area contributed by atoms with Crippen molar-refractivity contribution in [3.63, 3.8) is 0 Å². The first-order valence-electron chi connectivity index (χ1n) is 7.32. The molecule has 0 aliphatic carbocycles. The van der Waals surface area contributed by atoms with E-state index in [1.165, 1.54) is 23.1 Å². The number of carbonyl (C=O) groups is 2. The molecule has 2 rings (SSSR count). The molecule has 0 aliphatic rings. The van der Waals surface area contributed by atoms with Gasteiger partial charge in [0.15, 0.2) is 6.61 Å². The fourth-order valence-electron chi connectivity index (χ4n) is 2.05. The quantitative estimate of drug-likeness (QED) is 0.844. The molecule has 6 heteroatoms. The zero-order valence-corrected chi connectivity index (χ0v) is 14.2. The van der Waals surface area contributed by atoms with Crippen molar-refractivity contribution >= 4 is 23.5 Å². The average Bonchev–Trinajstić information content (AvgIpc) is 2.54. The largest absolute Gasteiger partial charge is 0.507 e. The molecule has 0 fully saturated rings. The lowest BCUT2D eigenvalue weighted by molar-refractivity contribution is -0.133. The van der Waals surface area contributed by atoms with E-state index in [1.54, 1.807) is 7.05 Å². The SMILES string of the molecule is Cc1ccc(CN(C)C(=O)COC(=O)c2ccc(Cl)cc2O)cc1. The first-order valence-corrected chi connectivity index (χ1v) is 7.70. The summed E-state index contributed by atoms with van der Waals surface area (Å²) in [6, 6.07) is 11.9. The molecule has 2 aromatic carbocycles. The molecule has 1 amide bonds. The molecule has 0 heterocycles. The van der Waals surface area contributed by atoms with Crippen LogP contribution in [0.4, 0.5) is 0 Å². The highest BCUT2D eigenvalue weighted by Gasteiger charge is 2.16. The summed E-state index contributed by atoms with van der Waals surface area (Å²) in [6.45, 7) is 2.01. The van der Waals surface area contributed by atoms with E-state index in [2.05, 4.69) is 0 Å². The minimum absolute atomic E-state index is 0.0339. The van der Waals surface area contributed by atoms with E-state index >= 15 is 0 Å². The number of aryl methyl sites for hydroxylation is 1. The number of benzene rings is 2. The van der Waals surface area contributed by atoms with Gasteiger partial charge in [-0.1, -0.05) is 41.4 Å². The summed E-state index contributed by atoms with van der Waals surface area (Å²) in [5.41, 5.74) is 2.09. The number of ether oxygens (including phenoxy) is 1. The Hall–Kier alpha value is -2.53. The number of carbonyl (C=O) groups excluding carboxylic acids is 2.